The molecule has 0 aliphatic carbocycles. The Bertz CT molecular complexity index is 757. The van der Waals surface area contributed by atoms with Crippen molar-refractivity contribution in [1.82, 2.24) is 4.98 Å². The maximum atomic E-state index is 10.4. The van der Waals surface area contributed by atoms with Gasteiger partial charge in [0.15, 0.2) is 0 Å². The van der Waals surface area contributed by atoms with Crippen LogP contribution in [-0.2, 0) is 4.79 Å². The predicted octanol–water partition coefficient (Wildman–Crippen LogP) is 2.23. The van der Waals surface area contributed by atoms with Crippen molar-refractivity contribution >= 4 is 63.2 Å². The van der Waals surface area contributed by atoms with Crippen LogP contribution in [0.3, 0.4) is 0 Å². The highest BCUT2D eigenvalue weighted by Gasteiger charge is 2.06. The van der Waals surface area contributed by atoms with Crippen LogP contribution in [0.1, 0.15) is 6.42 Å². The Balaban J connectivity index is 2.24. The SMILES string of the molecule is C=c1nc2cc(Cl)/c(=C(/O)CSCCC(=O)O)cc2s1. The average Bonchev–Trinajstić information content (AvgIpc) is 2.72. The smallest absolute Gasteiger partial charge is 0.304 e. The standard InChI is InChI=1S/C13H12ClNO3S2/c1-7-15-10-5-9(14)8(4-12(10)20-7)11(16)6-19-3-2-13(17)18/h4-5,16H,1-3,6H2,(H,17,18)/b11-8+. The molecule has 0 fully saturated rings. The first-order valence-electron chi connectivity index (χ1n) is 5.74. The van der Waals surface area contributed by atoms with Crippen molar-refractivity contribution in [3.63, 3.8) is 0 Å². The Hall–Kier alpha value is -1.24. The molecule has 2 N–H and O–H groups in total. The van der Waals surface area contributed by atoms with Gasteiger partial charge in [0, 0.05) is 11.0 Å². The number of carboxylic acid groups (broad SMARTS) is 1. The minimum Gasteiger partial charge on any atom is -0.511 e. The fraction of sp³-hybridized carbons (Fsp3) is 0.231. The quantitative estimate of drug-likeness (QED) is 0.823. The molecule has 0 atom stereocenters. The molecular weight excluding hydrogens is 318 g/mol. The van der Waals surface area contributed by atoms with Gasteiger partial charge < -0.3 is 10.2 Å². The molecule has 1 aromatic heterocycles. The number of aliphatic hydroxyl groups is 1. The van der Waals surface area contributed by atoms with Crippen LogP contribution in [0.5, 0.6) is 0 Å². The topological polar surface area (TPSA) is 70.4 Å². The van der Waals surface area contributed by atoms with Crippen molar-refractivity contribution in [3.05, 3.63) is 27.0 Å². The second-order valence-electron chi connectivity index (χ2n) is 4.05. The highest BCUT2D eigenvalue weighted by molar-refractivity contribution is 7.99. The molecule has 0 unspecified atom stereocenters. The van der Waals surface area contributed by atoms with E-state index in [0.29, 0.717) is 26.4 Å². The number of aliphatic carboxylic acids is 1. The third kappa shape index (κ3) is 3.65. The summed E-state index contributed by atoms with van der Waals surface area (Å²) in [6.45, 7) is 3.77. The van der Waals surface area contributed by atoms with Gasteiger partial charge in [0.1, 0.15) is 10.4 Å². The number of nitrogens with zero attached hydrogens (tertiary/aromatic N) is 1. The van der Waals surface area contributed by atoms with Gasteiger partial charge in [-0.15, -0.1) is 11.3 Å². The van der Waals surface area contributed by atoms with Gasteiger partial charge in [-0.2, -0.15) is 11.8 Å². The fourth-order valence-corrected chi connectivity index (χ4v) is 3.49. The molecule has 0 saturated heterocycles. The fourth-order valence-electron chi connectivity index (χ4n) is 1.62. The first kappa shape index (κ1) is 15.2. The van der Waals surface area contributed by atoms with Crippen molar-refractivity contribution in [1.29, 1.82) is 0 Å². The first-order valence-corrected chi connectivity index (χ1v) is 8.09. The van der Waals surface area contributed by atoms with Crippen LogP contribution >= 0.6 is 34.7 Å². The lowest BCUT2D eigenvalue weighted by Gasteiger charge is -2.01. The van der Waals surface area contributed by atoms with Gasteiger partial charge in [0.2, 0.25) is 0 Å². The van der Waals surface area contributed by atoms with Crippen molar-refractivity contribution in [2.75, 3.05) is 11.5 Å². The Labute approximate surface area is 128 Å². The van der Waals surface area contributed by atoms with E-state index in [-0.39, 0.29) is 12.2 Å². The summed E-state index contributed by atoms with van der Waals surface area (Å²) >= 11 is 8.92. The van der Waals surface area contributed by atoms with Gasteiger partial charge >= 0.3 is 5.97 Å². The van der Waals surface area contributed by atoms with Gasteiger partial charge in [-0.1, -0.05) is 18.2 Å². The minimum atomic E-state index is -0.843. The molecule has 106 valence electrons. The predicted molar refractivity (Wildman–Crippen MR) is 85.0 cm³/mol. The van der Waals surface area contributed by atoms with E-state index in [4.69, 9.17) is 16.7 Å². The van der Waals surface area contributed by atoms with Crippen LogP contribution in [-0.4, -0.2) is 32.7 Å². The zero-order valence-electron chi connectivity index (χ0n) is 10.4. The molecular formula is C13H12ClNO3S2. The van der Waals surface area contributed by atoms with Crippen LogP contribution in [0.25, 0.3) is 22.6 Å². The normalized spacial score (nSPS) is 12.7. The van der Waals surface area contributed by atoms with Crippen LogP contribution in [0.4, 0.5) is 0 Å². The van der Waals surface area contributed by atoms with Gasteiger partial charge in [0.25, 0.3) is 0 Å². The number of carbonyl (C=O) groups is 1. The summed E-state index contributed by atoms with van der Waals surface area (Å²) in [5.41, 5.74) is 0.764. The second kappa shape index (κ2) is 6.47. The molecule has 0 spiro atoms. The lowest BCUT2D eigenvalue weighted by atomic mass is 10.2. The number of hydrogen-bond acceptors (Lipinski definition) is 5. The third-order valence-corrected chi connectivity index (χ3v) is 4.69. The van der Waals surface area contributed by atoms with Crippen LogP contribution in [0.15, 0.2) is 12.1 Å². The molecule has 0 aliphatic heterocycles. The molecule has 2 rings (SSSR count). The Morgan fingerprint density at radius 1 is 1.45 bits per heavy atom. The molecule has 0 bridgehead atoms. The third-order valence-electron chi connectivity index (χ3n) is 2.53. The van der Waals surface area contributed by atoms with Crippen LogP contribution in [0.2, 0.25) is 5.02 Å². The highest BCUT2D eigenvalue weighted by Crippen LogP contribution is 2.17. The lowest BCUT2D eigenvalue weighted by molar-refractivity contribution is -0.136. The number of fused-ring (bicyclic) bond motifs is 1. The number of aromatic nitrogens is 1. The van der Waals surface area contributed by atoms with Crippen LogP contribution < -0.4 is 9.88 Å². The van der Waals surface area contributed by atoms with E-state index in [9.17, 15) is 9.90 Å². The largest absolute Gasteiger partial charge is 0.511 e. The summed E-state index contributed by atoms with van der Waals surface area (Å²) < 4.78 is 1.61. The Morgan fingerprint density at radius 2 is 2.20 bits per heavy atom. The summed E-state index contributed by atoms with van der Waals surface area (Å²) in [6.07, 6.45) is 0.0738. The van der Waals surface area contributed by atoms with Gasteiger partial charge in [-0.25, -0.2) is 4.98 Å². The Kier molecular flexibility index (Phi) is 4.91. The van der Waals surface area contributed by atoms with Crippen molar-refractivity contribution in [3.8, 4) is 0 Å². The number of rotatable bonds is 5. The minimum absolute atomic E-state index is 0.0738. The molecule has 0 amide bonds. The van der Waals surface area contributed by atoms with Gasteiger partial charge in [-0.05, 0) is 12.1 Å². The van der Waals surface area contributed by atoms with E-state index in [1.165, 1.54) is 23.1 Å². The van der Waals surface area contributed by atoms with Crippen molar-refractivity contribution in [2.24, 2.45) is 0 Å². The molecule has 7 heteroatoms. The van der Waals surface area contributed by atoms with E-state index in [1.54, 1.807) is 12.1 Å². The van der Waals surface area contributed by atoms with E-state index < -0.39 is 5.97 Å². The molecule has 0 saturated carbocycles. The second-order valence-corrected chi connectivity index (χ2v) is 6.68. The Morgan fingerprint density at radius 3 is 2.90 bits per heavy atom. The van der Waals surface area contributed by atoms with Gasteiger partial charge in [-0.3, -0.25) is 4.79 Å². The van der Waals surface area contributed by atoms with E-state index >= 15 is 0 Å². The van der Waals surface area contributed by atoms with Crippen molar-refractivity contribution in [2.45, 2.75) is 6.42 Å². The molecule has 1 heterocycles. The summed E-state index contributed by atoms with van der Waals surface area (Å²) in [5, 5.41) is 19.6. The zero-order valence-corrected chi connectivity index (χ0v) is 12.8. The number of halogens is 1. The summed E-state index contributed by atoms with van der Waals surface area (Å²) in [6, 6.07) is 3.49. The number of thiazole rings is 1. The highest BCUT2D eigenvalue weighted by atomic mass is 35.5. The first-order chi connectivity index (χ1) is 9.47. The number of carboxylic acids is 1. The molecule has 0 radical (unpaired) electrons. The maximum Gasteiger partial charge on any atom is 0.304 e. The maximum absolute atomic E-state index is 10.4. The van der Waals surface area contributed by atoms with Crippen LogP contribution in [0, 0.1) is 0 Å². The summed E-state index contributed by atoms with van der Waals surface area (Å²) in [7, 11) is 0. The number of thioether (sulfide) groups is 1. The lowest BCUT2D eigenvalue weighted by Crippen LogP contribution is -2.09. The molecule has 2 aromatic rings. The van der Waals surface area contributed by atoms with E-state index in [1.807, 2.05) is 0 Å². The number of benzene rings is 1. The average molecular weight is 330 g/mol. The van der Waals surface area contributed by atoms with E-state index in [0.717, 1.165) is 10.2 Å². The zero-order chi connectivity index (χ0) is 14.7. The summed E-state index contributed by atoms with van der Waals surface area (Å²) in [5.74, 6) is 0.0765. The van der Waals surface area contributed by atoms with Gasteiger partial charge in [0.05, 0.1) is 27.4 Å². The van der Waals surface area contributed by atoms with E-state index in [2.05, 4.69) is 11.6 Å². The number of aliphatic hydroxyl groups excluding tert-OH is 1. The number of hydrogen-bond donors (Lipinski definition) is 2. The summed E-state index contributed by atoms with van der Waals surface area (Å²) in [4.78, 5) is 14.6. The molecule has 20 heavy (non-hydrogen) atoms. The van der Waals surface area contributed by atoms with Crippen molar-refractivity contribution < 1.29 is 15.0 Å². The monoisotopic (exact) mass is 329 g/mol. The molecule has 4 nitrogen and oxygen atoms in total. The molecule has 0 aliphatic rings. The molecule has 1 aromatic carbocycles.